The molecular formula is C27H22ClN3O5S. The lowest BCUT2D eigenvalue weighted by Crippen LogP contribution is -2.24. The molecule has 0 unspecified atom stereocenters. The molecule has 10 heteroatoms. The summed E-state index contributed by atoms with van der Waals surface area (Å²) >= 11 is 7.12. The van der Waals surface area contributed by atoms with Crippen molar-refractivity contribution in [1.82, 2.24) is 9.47 Å². The first-order valence-electron chi connectivity index (χ1n) is 11.5. The third kappa shape index (κ3) is 5.15. The Morgan fingerprint density at radius 2 is 1.92 bits per heavy atom. The van der Waals surface area contributed by atoms with Gasteiger partial charge in [-0.1, -0.05) is 35.9 Å². The summed E-state index contributed by atoms with van der Waals surface area (Å²) in [5.74, 6) is -0.358. The molecule has 1 aliphatic rings. The lowest BCUT2D eigenvalue weighted by atomic mass is 10.1. The van der Waals surface area contributed by atoms with Gasteiger partial charge in [0.2, 0.25) is 0 Å². The average Bonchev–Trinajstić information content (AvgIpc) is 3.47. The van der Waals surface area contributed by atoms with Crippen LogP contribution in [0.4, 0.5) is 5.69 Å². The summed E-state index contributed by atoms with van der Waals surface area (Å²) in [5.41, 5.74) is 2.88. The van der Waals surface area contributed by atoms with Crippen LogP contribution in [-0.2, 0) is 13.1 Å². The highest BCUT2D eigenvalue weighted by Gasteiger charge is 2.30. The molecule has 0 fully saturated rings. The summed E-state index contributed by atoms with van der Waals surface area (Å²) < 4.78 is 7.30. The largest absolute Gasteiger partial charge is 0.485 e. The second-order valence-corrected chi connectivity index (χ2v) is 10.1. The Balaban J connectivity index is 1.35. The molecule has 0 saturated carbocycles. The molecule has 0 radical (unpaired) electrons. The Kier molecular flexibility index (Phi) is 7.09. The third-order valence-corrected chi connectivity index (χ3v) is 7.11. The van der Waals surface area contributed by atoms with Crippen LogP contribution in [0.5, 0.6) is 5.75 Å². The maximum absolute atomic E-state index is 13.4. The van der Waals surface area contributed by atoms with Gasteiger partial charge in [-0.05, 0) is 53.6 Å². The number of aromatic nitrogens is 1. The maximum Gasteiger partial charge on any atom is 0.297 e. The number of nitrogens with zero attached hydrogens (tertiary/aromatic N) is 2. The highest BCUT2D eigenvalue weighted by atomic mass is 35.5. The summed E-state index contributed by atoms with van der Waals surface area (Å²) in [6, 6.07) is 19.3. The molecule has 2 amide bonds. The van der Waals surface area contributed by atoms with E-state index in [-0.39, 0.29) is 36.3 Å². The van der Waals surface area contributed by atoms with Crippen molar-refractivity contribution in [3.05, 3.63) is 109 Å². The summed E-state index contributed by atoms with van der Waals surface area (Å²) in [4.78, 5) is 41.0. The van der Waals surface area contributed by atoms with Gasteiger partial charge in [0.15, 0.2) is 5.75 Å². The van der Waals surface area contributed by atoms with E-state index in [0.717, 1.165) is 11.1 Å². The predicted octanol–water partition coefficient (Wildman–Crippen LogP) is 4.33. The van der Waals surface area contributed by atoms with Crippen LogP contribution < -0.4 is 15.6 Å². The van der Waals surface area contributed by atoms with Crippen molar-refractivity contribution in [3.63, 3.8) is 0 Å². The molecule has 0 spiro atoms. The fourth-order valence-corrected chi connectivity index (χ4v) is 5.18. The molecule has 3 heterocycles. The minimum atomic E-state index is -0.342. The Morgan fingerprint density at radius 3 is 2.70 bits per heavy atom. The number of hydrogen-bond donors (Lipinski definition) is 2. The first-order valence-corrected chi connectivity index (χ1v) is 12.7. The summed E-state index contributed by atoms with van der Waals surface area (Å²) in [6.45, 7) is 0.562. The van der Waals surface area contributed by atoms with Crippen molar-refractivity contribution in [2.75, 3.05) is 18.5 Å². The number of aliphatic hydroxyl groups is 1. The summed E-state index contributed by atoms with van der Waals surface area (Å²) in [5, 5.41) is 11.8. The fraction of sp³-hybridized carbons (Fsp3) is 0.148. The van der Waals surface area contributed by atoms with Crippen molar-refractivity contribution in [3.8, 4) is 11.4 Å². The number of nitrogens with one attached hydrogen (secondary N) is 1. The van der Waals surface area contributed by atoms with Gasteiger partial charge in [0.25, 0.3) is 17.4 Å². The normalized spacial score (nSPS) is 12.5. The molecule has 2 N–H and O–H groups in total. The monoisotopic (exact) mass is 535 g/mol. The molecule has 2 aromatic carbocycles. The van der Waals surface area contributed by atoms with Crippen LogP contribution in [0, 0.1) is 0 Å². The van der Waals surface area contributed by atoms with Gasteiger partial charge in [-0.3, -0.25) is 19.0 Å². The summed E-state index contributed by atoms with van der Waals surface area (Å²) in [7, 11) is 0. The number of carbonyl (C=O) groups is 2. The number of benzene rings is 2. The molecule has 0 atom stereocenters. The molecular weight excluding hydrogens is 514 g/mol. The molecule has 37 heavy (non-hydrogen) atoms. The molecule has 0 saturated heterocycles. The van der Waals surface area contributed by atoms with E-state index in [9.17, 15) is 14.4 Å². The Bertz CT molecular complexity index is 1550. The Morgan fingerprint density at radius 1 is 1.08 bits per heavy atom. The van der Waals surface area contributed by atoms with Crippen molar-refractivity contribution in [1.29, 1.82) is 0 Å². The minimum Gasteiger partial charge on any atom is -0.485 e. The minimum absolute atomic E-state index is 0.0282. The van der Waals surface area contributed by atoms with Crippen LogP contribution in [-0.4, -0.2) is 39.6 Å². The van der Waals surface area contributed by atoms with E-state index in [0.29, 0.717) is 39.2 Å². The van der Waals surface area contributed by atoms with Gasteiger partial charge in [0, 0.05) is 25.0 Å². The highest BCUT2D eigenvalue weighted by molar-refractivity contribution is 7.18. The SMILES string of the molecule is O=C(Nc1cccc2c1C(=O)N(Cc1cccc(-n3cccc(OCCO)c3=O)c1)C2)c1ccc(Cl)s1. The standard InChI is InChI=1S/C27H22ClN3O5S/c28-23-10-9-22(37-23)25(33)29-20-7-2-5-18-16-30(27(35)24(18)20)15-17-4-1-6-19(14-17)31-11-3-8-21(26(31)34)36-13-12-32/h1-11,14,32H,12-13,15-16H2,(H,29,33). The third-order valence-electron chi connectivity index (χ3n) is 5.88. The number of hydrogen-bond acceptors (Lipinski definition) is 6. The van der Waals surface area contributed by atoms with Crippen LogP contribution in [0.2, 0.25) is 4.34 Å². The first kappa shape index (κ1) is 24.8. The van der Waals surface area contributed by atoms with E-state index >= 15 is 0 Å². The van der Waals surface area contributed by atoms with E-state index < -0.39 is 0 Å². The number of halogens is 1. The molecule has 0 bridgehead atoms. The predicted molar refractivity (Wildman–Crippen MR) is 142 cm³/mol. The number of aliphatic hydroxyl groups excluding tert-OH is 1. The van der Waals surface area contributed by atoms with E-state index in [1.807, 2.05) is 30.3 Å². The van der Waals surface area contributed by atoms with E-state index in [1.165, 1.54) is 15.9 Å². The Labute approximate surface area is 221 Å². The molecule has 8 nitrogen and oxygen atoms in total. The van der Waals surface area contributed by atoms with Gasteiger partial charge in [-0.2, -0.15) is 0 Å². The highest BCUT2D eigenvalue weighted by Crippen LogP contribution is 2.31. The van der Waals surface area contributed by atoms with Gasteiger partial charge in [-0.15, -0.1) is 11.3 Å². The van der Waals surface area contributed by atoms with Crippen LogP contribution in [0.3, 0.4) is 0 Å². The topological polar surface area (TPSA) is 101 Å². The number of thiophene rings is 1. The van der Waals surface area contributed by atoms with Crippen LogP contribution in [0.15, 0.2) is 77.7 Å². The number of pyridine rings is 1. The van der Waals surface area contributed by atoms with Crippen LogP contribution in [0.25, 0.3) is 5.69 Å². The van der Waals surface area contributed by atoms with E-state index in [4.69, 9.17) is 21.4 Å². The lowest BCUT2D eigenvalue weighted by Gasteiger charge is -2.17. The van der Waals surface area contributed by atoms with Crippen molar-refractivity contribution >= 4 is 40.4 Å². The number of carbonyl (C=O) groups excluding carboxylic acids is 2. The smallest absolute Gasteiger partial charge is 0.297 e. The van der Waals surface area contributed by atoms with Gasteiger partial charge in [0.05, 0.1) is 27.1 Å². The number of rotatable bonds is 8. The lowest BCUT2D eigenvalue weighted by molar-refractivity contribution is 0.0767. The zero-order valence-electron chi connectivity index (χ0n) is 19.5. The Hall–Kier alpha value is -3.92. The van der Waals surface area contributed by atoms with Crippen molar-refractivity contribution < 1.29 is 19.4 Å². The van der Waals surface area contributed by atoms with Crippen LogP contribution >= 0.6 is 22.9 Å². The van der Waals surface area contributed by atoms with Crippen molar-refractivity contribution in [2.45, 2.75) is 13.1 Å². The van der Waals surface area contributed by atoms with Gasteiger partial charge in [-0.25, -0.2) is 0 Å². The second kappa shape index (κ2) is 10.6. The molecule has 188 valence electrons. The maximum atomic E-state index is 13.4. The van der Waals surface area contributed by atoms with Crippen molar-refractivity contribution in [2.24, 2.45) is 0 Å². The van der Waals surface area contributed by atoms with Gasteiger partial charge < -0.3 is 20.1 Å². The molecule has 2 aromatic heterocycles. The molecule has 4 aromatic rings. The second-order valence-electron chi connectivity index (χ2n) is 8.35. The number of fused-ring (bicyclic) bond motifs is 1. The van der Waals surface area contributed by atoms with E-state index in [1.54, 1.807) is 47.5 Å². The molecule has 5 rings (SSSR count). The average molecular weight is 536 g/mol. The zero-order chi connectivity index (χ0) is 25.9. The number of anilines is 1. The van der Waals surface area contributed by atoms with Gasteiger partial charge >= 0.3 is 0 Å². The zero-order valence-corrected chi connectivity index (χ0v) is 21.1. The first-order chi connectivity index (χ1) is 17.9. The summed E-state index contributed by atoms with van der Waals surface area (Å²) in [6.07, 6.45) is 1.64. The molecule has 1 aliphatic heterocycles. The quantitative estimate of drug-likeness (QED) is 0.350. The number of ether oxygens (including phenoxy) is 1. The van der Waals surface area contributed by atoms with E-state index in [2.05, 4.69) is 5.32 Å². The van der Waals surface area contributed by atoms with Crippen LogP contribution in [0.1, 0.15) is 31.2 Å². The van der Waals surface area contributed by atoms with Gasteiger partial charge in [0.1, 0.15) is 6.61 Å². The number of amides is 2. The fourth-order valence-electron chi connectivity index (χ4n) is 4.24. The molecule has 0 aliphatic carbocycles.